The summed E-state index contributed by atoms with van der Waals surface area (Å²) in [4.78, 5) is 0. The van der Waals surface area contributed by atoms with Crippen molar-refractivity contribution < 1.29 is 0 Å². The molecule has 0 aliphatic rings. The van der Waals surface area contributed by atoms with Gasteiger partial charge in [-0.1, -0.05) is 66.6 Å². The lowest BCUT2D eigenvalue weighted by Gasteiger charge is -2.24. The smallest absolute Gasteiger partial charge is 0.0446 e. The number of aryl methyl sites for hydroxylation is 1. The highest BCUT2D eigenvalue weighted by Crippen LogP contribution is 2.30. The fraction of sp³-hybridized carbons (Fsp3) is 0.333. The second-order valence-electron chi connectivity index (χ2n) is 5.28. The minimum absolute atomic E-state index is 0.345. The Hall–Kier alpha value is -0.960. The van der Waals surface area contributed by atoms with E-state index < -0.39 is 0 Å². The molecular weight excluding hydrogens is 298 g/mol. The van der Waals surface area contributed by atoms with Crippen LogP contribution in [-0.2, 0) is 5.75 Å². The van der Waals surface area contributed by atoms with Gasteiger partial charge in [-0.25, -0.2) is 0 Å². The first-order valence-electron chi connectivity index (χ1n) is 7.20. The fourth-order valence-electron chi connectivity index (χ4n) is 2.38. The molecule has 0 fully saturated rings. The Morgan fingerprint density at radius 1 is 1.10 bits per heavy atom. The monoisotopic (exact) mass is 319 g/mol. The van der Waals surface area contributed by atoms with E-state index in [0.29, 0.717) is 11.3 Å². The van der Waals surface area contributed by atoms with E-state index in [4.69, 9.17) is 11.6 Å². The van der Waals surface area contributed by atoms with Crippen LogP contribution in [-0.4, -0.2) is 12.3 Å². The van der Waals surface area contributed by atoms with Crippen LogP contribution in [0.25, 0.3) is 0 Å². The number of nitrogens with one attached hydrogen (secondary N) is 1. The number of thioether (sulfide) groups is 1. The molecule has 0 saturated carbocycles. The Kier molecular flexibility index (Phi) is 6.16. The molecule has 2 aromatic carbocycles. The van der Waals surface area contributed by atoms with Crippen molar-refractivity contribution in [2.45, 2.75) is 30.9 Å². The van der Waals surface area contributed by atoms with Gasteiger partial charge in [-0.2, -0.15) is 11.8 Å². The summed E-state index contributed by atoms with van der Waals surface area (Å²) >= 11 is 8.16. The van der Waals surface area contributed by atoms with E-state index in [1.807, 2.05) is 37.0 Å². The Balaban J connectivity index is 2.02. The van der Waals surface area contributed by atoms with Crippen LogP contribution in [0.3, 0.4) is 0 Å². The van der Waals surface area contributed by atoms with Crippen molar-refractivity contribution in [2.24, 2.45) is 0 Å². The van der Waals surface area contributed by atoms with E-state index >= 15 is 0 Å². The summed E-state index contributed by atoms with van der Waals surface area (Å²) in [6.45, 7) is 4.39. The Bertz CT molecular complexity index is 568. The molecule has 0 aliphatic carbocycles. The van der Waals surface area contributed by atoms with Crippen molar-refractivity contribution in [1.82, 2.24) is 5.32 Å². The van der Waals surface area contributed by atoms with Gasteiger partial charge in [0.25, 0.3) is 0 Å². The van der Waals surface area contributed by atoms with Crippen LogP contribution in [0, 0.1) is 6.92 Å². The molecule has 0 radical (unpaired) electrons. The van der Waals surface area contributed by atoms with Crippen LogP contribution in [0.5, 0.6) is 0 Å². The fourth-order valence-corrected chi connectivity index (χ4v) is 3.84. The minimum Gasteiger partial charge on any atom is -0.312 e. The number of hydrogen-bond acceptors (Lipinski definition) is 2. The molecule has 21 heavy (non-hydrogen) atoms. The first-order chi connectivity index (χ1) is 10.1. The molecule has 3 heteroatoms. The lowest BCUT2D eigenvalue weighted by Crippen LogP contribution is -2.25. The lowest BCUT2D eigenvalue weighted by atomic mass is 10.0. The van der Waals surface area contributed by atoms with Gasteiger partial charge < -0.3 is 5.32 Å². The first-order valence-corrected chi connectivity index (χ1v) is 8.63. The SMILES string of the molecule is CNC(c1ccc(C)cc1)C(C)SCc1ccccc1Cl. The van der Waals surface area contributed by atoms with Crippen LogP contribution in [0.4, 0.5) is 0 Å². The highest BCUT2D eigenvalue weighted by atomic mass is 35.5. The molecule has 0 aliphatic heterocycles. The van der Waals surface area contributed by atoms with Crippen LogP contribution in [0.2, 0.25) is 5.02 Å². The van der Waals surface area contributed by atoms with Crippen molar-refractivity contribution in [3.63, 3.8) is 0 Å². The maximum atomic E-state index is 6.23. The van der Waals surface area contributed by atoms with Gasteiger partial charge >= 0.3 is 0 Å². The predicted molar refractivity (Wildman–Crippen MR) is 95.2 cm³/mol. The van der Waals surface area contributed by atoms with E-state index in [9.17, 15) is 0 Å². The van der Waals surface area contributed by atoms with E-state index in [0.717, 1.165) is 10.8 Å². The van der Waals surface area contributed by atoms with Gasteiger partial charge in [0.15, 0.2) is 0 Å². The number of benzene rings is 2. The van der Waals surface area contributed by atoms with Gasteiger partial charge in [0.05, 0.1) is 0 Å². The molecule has 2 rings (SSSR count). The number of halogens is 1. The number of rotatable bonds is 6. The Morgan fingerprint density at radius 2 is 1.76 bits per heavy atom. The third-order valence-corrected chi connectivity index (χ3v) is 5.32. The largest absolute Gasteiger partial charge is 0.312 e. The molecular formula is C18H22ClNS. The van der Waals surface area contributed by atoms with Crippen LogP contribution < -0.4 is 5.32 Å². The summed E-state index contributed by atoms with van der Waals surface area (Å²) in [5.74, 6) is 0.935. The van der Waals surface area contributed by atoms with Gasteiger partial charge in [0, 0.05) is 22.1 Å². The molecule has 2 aromatic rings. The maximum absolute atomic E-state index is 6.23. The second-order valence-corrected chi connectivity index (χ2v) is 7.06. The number of hydrogen-bond donors (Lipinski definition) is 1. The molecule has 0 spiro atoms. The highest BCUT2D eigenvalue weighted by molar-refractivity contribution is 7.99. The van der Waals surface area contributed by atoms with Crippen LogP contribution in [0.15, 0.2) is 48.5 Å². The van der Waals surface area contributed by atoms with Crippen molar-refractivity contribution in [2.75, 3.05) is 7.05 Å². The van der Waals surface area contributed by atoms with Gasteiger partial charge in [-0.3, -0.25) is 0 Å². The van der Waals surface area contributed by atoms with Crippen LogP contribution >= 0.6 is 23.4 Å². The lowest BCUT2D eigenvalue weighted by molar-refractivity contribution is 0.589. The summed E-state index contributed by atoms with van der Waals surface area (Å²) in [6.07, 6.45) is 0. The summed E-state index contributed by atoms with van der Waals surface area (Å²) in [7, 11) is 2.02. The zero-order valence-corrected chi connectivity index (χ0v) is 14.3. The maximum Gasteiger partial charge on any atom is 0.0446 e. The standard InChI is InChI=1S/C18H22ClNS/c1-13-8-10-15(11-9-13)18(20-3)14(2)21-12-16-6-4-5-7-17(16)19/h4-11,14,18,20H,12H2,1-3H3. The third kappa shape index (κ3) is 4.50. The first kappa shape index (κ1) is 16.4. The predicted octanol–water partition coefficient (Wildman–Crippen LogP) is 5.23. The van der Waals surface area contributed by atoms with Crippen molar-refractivity contribution >= 4 is 23.4 Å². The molecule has 1 N–H and O–H groups in total. The van der Waals surface area contributed by atoms with E-state index in [-0.39, 0.29) is 0 Å². The van der Waals surface area contributed by atoms with E-state index in [1.165, 1.54) is 16.7 Å². The van der Waals surface area contributed by atoms with Gasteiger partial charge in [0.2, 0.25) is 0 Å². The summed E-state index contributed by atoms with van der Waals surface area (Å²) in [6, 6.07) is 17.2. The molecule has 0 heterocycles. The van der Waals surface area contributed by atoms with Crippen molar-refractivity contribution in [3.05, 3.63) is 70.2 Å². The van der Waals surface area contributed by atoms with Crippen molar-refractivity contribution in [1.29, 1.82) is 0 Å². The van der Waals surface area contributed by atoms with E-state index in [2.05, 4.69) is 49.5 Å². The van der Waals surface area contributed by atoms with Crippen LogP contribution in [0.1, 0.15) is 29.7 Å². The van der Waals surface area contributed by atoms with Crippen molar-refractivity contribution in [3.8, 4) is 0 Å². The molecule has 0 bridgehead atoms. The van der Waals surface area contributed by atoms with Gasteiger partial charge in [-0.15, -0.1) is 0 Å². The second kappa shape index (κ2) is 7.88. The molecule has 0 amide bonds. The minimum atomic E-state index is 0.345. The third-order valence-electron chi connectivity index (χ3n) is 3.68. The zero-order valence-electron chi connectivity index (χ0n) is 12.8. The van der Waals surface area contributed by atoms with E-state index in [1.54, 1.807) is 0 Å². The quantitative estimate of drug-likeness (QED) is 0.782. The normalized spacial score (nSPS) is 13.9. The average Bonchev–Trinajstić information content (AvgIpc) is 2.49. The summed E-state index contributed by atoms with van der Waals surface area (Å²) in [5.41, 5.74) is 3.84. The highest BCUT2D eigenvalue weighted by Gasteiger charge is 2.18. The molecule has 0 aromatic heterocycles. The van der Waals surface area contributed by atoms with Gasteiger partial charge in [0.1, 0.15) is 0 Å². The molecule has 2 atom stereocenters. The summed E-state index contributed by atoms with van der Waals surface area (Å²) in [5, 5.41) is 4.76. The molecule has 112 valence electrons. The van der Waals surface area contributed by atoms with Gasteiger partial charge in [-0.05, 0) is 31.2 Å². The molecule has 2 unspecified atom stereocenters. The zero-order chi connectivity index (χ0) is 15.2. The molecule has 1 nitrogen and oxygen atoms in total. The molecule has 0 saturated heterocycles. The topological polar surface area (TPSA) is 12.0 Å². The Labute approximate surface area is 137 Å². The average molecular weight is 320 g/mol. The summed E-state index contributed by atoms with van der Waals surface area (Å²) < 4.78 is 0. The Morgan fingerprint density at radius 3 is 2.38 bits per heavy atom.